The molecule has 1 fully saturated rings. The first-order valence-electron chi connectivity index (χ1n) is 9.43. The van der Waals surface area contributed by atoms with Gasteiger partial charge in [0, 0.05) is 18.8 Å². The van der Waals surface area contributed by atoms with Gasteiger partial charge in [0.25, 0.3) is 0 Å². The Morgan fingerprint density at radius 3 is 2.63 bits per heavy atom. The Hall–Kier alpha value is -2.57. The highest BCUT2D eigenvalue weighted by molar-refractivity contribution is 5.89. The maximum absolute atomic E-state index is 12.1. The Morgan fingerprint density at radius 1 is 1.07 bits per heavy atom. The summed E-state index contributed by atoms with van der Waals surface area (Å²) in [7, 11) is 0. The number of aliphatic hydroxyl groups excluding tert-OH is 1. The summed E-state index contributed by atoms with van der Waals surface area (Å²) >= 11 is 0. The van der Waals surface area contributed by atoms with E-state index in [0.717, 1.165) is 25.3 Å². The van der Waals surface area contributed by atoms with Crippen LogP contribution in [0.1, 0.15) is 36.5 Å². The quantitative estimate of drug-likeness (QED) is 0.630. The predicted octanol–water partition coefficient (Wildman–Crippen LogP) is 3.23. The zero-order valence-corrected chi connectivity index (χ0v) is 15.4. The molecule has 4 N–H and O–H groups in total. The Morgan fingerprint density at radius 2 is 1.85 bits per heavy atom. The molecule has 6 heteroatoms. The molecule has 27 heavy (non-hydrogen) atoms. The number of nitrogens with zero attached hydrogens (tertiary/aromatic N) is 1. The molecule has 0 saturated carbocycles. The van der Waals surface area contributed by atoms with Crippen molar-refractivity contribution in [3.05, 3.63) is 59.7 Å². The second-order valence-electron chi connectivity index (χ2n) is 6.98. The van der Waals surface area contributed by atoms with E-state index in [2.05, 4.69) is 21.6 Å². The first kappa shape index (κ1) is 19.2. The number of nitrogens with one attached hydrogen (secondary N) is 2. The molecular formula is C21H27N3O3. The normalized spacial score (nSPS) is 15.9. The molecule has 3 rings (SSSR count). The molecule has 0 radical (unpaired) electrons. The van der Waals surface area contributed by atoms with Crippen LogP contribution in [0.5, 0.6) is 5.75 Å². The molecule has 0 aromatic heterocycles. The van der Waals surface area contributed by atoms with Crippen LogP contribution in [-0.2, 0) is 6.54 Å². The number of piperidine rings is 1. The average Bonchev–Trinajstić information content (AvgIpc) is 2.67. The molecule has 1 unspecified atom stereocenters. The standard InChI is InChI=1S/C21H27N3O3/c25-19-9-5-7-17(13-19)20(26)14-22-21(27)23-18-8-4-6-16(12-18)15-24-10-2-1-3-11-24/h4-9,12-13,20,25-26H,1-3,10-11,14-15H2,(H2,22,23,27). The van der Waals surface area contributed by atoms with Crippen LogP contribution in [0.15, 0.2) is 48.5 Å². The van der Waals surface area contributed by atoms with Crippen LogP contribution in [0.25, 0.3) is 0 Å². The number of phenolic OH excluding ortho intramolecular Hbond substituents is 1. The van der Waals surface area contributed by atoms with Crippen molar-refractivity contribution in [2.75, 3.05) is 25.0 Å². The van der Waals surface area contributed by atoms with E-state index in [4.69, 9.17) is 0 Å². The third-order valence-corrected chi connectivity index (χ3v) is 4.75. The molecule has 1 aliphatic heterocycles. The lowest BCUT2D eigenvalue weighted by Crippen LogP contribution is -2.32. The van der Waals surface area contributed by atoms with Crippen molar-refractivity contribution in [2.24, 2.45) is 0 Å². The number of rotatable bonds is 6. The van der Waals surface area contributed by atoms with Crippen molar-refractivity contribution in [3.63, 3.8) is 0 Å². The molecule has 0 spiro atoms. The van der Waals surface area contributed by atoms with Gasteiger partial charge < -0.3 is 20.8 Å². The van der Waals surface area contributed by atoms with Crippen LogP contribution in [-0.4, -0.2) is 40.8 Å². The van der Waals surface area contributed by atoms with E-state index in [-0.39, 0.29) is 18.3 Å². The molecule has 1 saturated heterocycles. The van der Waals surface area contributed by atoms with E-state index < -0.39 is 6.10 Å². The molecular weight excluding hydrogens is 342 g/mol. The number of benzene rings is 2. The van der Waals surface area contributed by atoms with Gasteiger partial charge in [0.05, 0.1) is 6.10 Å². The smallest absolute Gasteiger partial charge is 0.319 e. The van der Waals surface area contributed by atoms with Crippen LogP contribution in [0.4, 0.5) is 10.5 Å². The van der Waals surface area contributed by atoms with E-state index in [1.54, 1.807) is 12.1 Å². The van der Waals surface area contributed by atoms with E-state index in [1.165, 1.54) is 37.0 Å². The highest BCUT2D eigenvalue weighted by Gasteiger charge is 2.12. The van der Waals surface area contributed by atoms with E-state index in [9.17, 15) is 15.0 Å². The number of hydrogen-bond donors (Lipinski definition) is 4. The van der Waals surface area contributed by atoms with E-state index in [0.29, 0.717) is 5.56 Å². The van der Waals surface area contributed by atoms with Gasteiger partial charge in [-0.1, -0.05) is 30.7 Å². The number of hydrogen-bond acceptors (Lipinski definition) is 4. The molecule has 144 valence electrons. The fourth-order valence-electron chi connectivity index (χ4n) is 3.34. The zero-order valence-electron chi connectivity index (χ0n) is 15.4. The molecule has 0 aliphatic carbocycles. The summed E-state index contributed by atoms with van der Waals surface area (Å²) < 4.78 is 0. The first-order valence-corrected chi connectivity index (χ1v) is 9.43. The monoisotopic (exact) mass is 369 g/mol. The maximum atomic E-state index is 12.1. The fourth-order valence-corrected chi connectivity index (χ4v) is 3.34. The van der Waals surface area contributed by atoms with Crippen molar-refractivity contribution in [1.29, 1.82) is 0 Å². The van der Waals surface area contributed by atoms with Gasteiger partial charge in [0.15, 0.2) is 0 Å². The SMILES string of the molecule is O=C(NCC(O)c1cccc(O)c1)Nc1cccc(CN2CCCCC2)c1. The predicted molar refractivity (Wildman–Crippen MR) is 106 cm³/mol. The second kappa shape index (κ2) is 9.39. The summed E-state index contributed by atoms with van der Waals surface area (Å²) in [6, 6.07) is 13.9. The minimum Gasteiger partial charge on any atom is -0.508 e. The summed E-state index contributed by atoms with van der Waals surface area (Å²) in [5.41, 5.74) is 2.46. The van der Waals surface area contributed by atoms with E-state index >= 15 is 0 Å². The number of urea groups is 1. The number of aliphatic hydroxyl groups is 1. The summed E-state index contributed by atoms with van der Waals surface area (Å²) in [5, 5.41) is 25.1. The number of anilines is 1. The topological polar surface area (TPSA) is 84.8 Å². The molecule has 6 nitrogen and oxygen atoms in total. The second-order valence-corrected chi connectivity index (χ2v) is 6.98. The largest absolute Gasteiger partial charge is 0.508 e. The van der Waals surface area contributed by atoms with Gasteiger partial charge in [-0.25, -0.2) is 4.79 Å². The summed E-state index contributed by atoms with van der Waals surface area (Å²) in [6.45, 7) is 3.21. The van der Waals surface area contributed by atoms with Gasteiger partial charge in [0.1, 0.15) is 5.75 Å². The molecule has 2 aromatic carbocycles. The molecule has 0 bridgehead atoms. The van der Waals surface area contributed by atoms with Crippen molar-refractivity contribution >= 4 is 11.7 Å². The number of carbonyl (C=O) groups is 1. The van der Waals surface area contributed by atoms with Crippen LogP contribution in [0, 0.1) is 0 Å². The number of aromatic hydroxyl groups is 1. The maximum Gasteiger partial charge on any atom is 0.319 e. The lowest BCUT2D eigenvalue weighted by Gasteiger charge is -2.26. The van der Waals surface area contributed by atoms with Crippen molar-refractivity contribution in [1.82, 2.24) is 10.2 Å². The number of likely N-dealkylation sites (tertiary alicyclic amines) is 1. The van der Waals surface area contributed by atoms with Crippen molar-refractivity contribution in [2.45, 2.75) is 31.9 Å². The molecule has 1 heterocycles. The van der Waals surface area contributed by atoms with Gasteiger partial charge in [-0.3, -0.25) is 4.90 Å². The van der Waals surface area contributed by atoms with Gasteiger partial charge in [-0.15, -0.1) is 0 Å². The van der Waals surface area contributed by atoms with Gasteiger partial charge in [-0.05, 0) is 61.3 Å². The summed E-state index contributed by atoms with van der Waals surface area (Å²) in [6.07, 6.45) is 2.93. The van der Waals surface area contributed by atoms with Gasteiger partial charge in [0.2, 0.25) is 0 Å². The first-order chi connectivity index (χ1) is 13.1. The average molecular weight is 369 g/mol. The van der Waals surface area contributed by atoms with Crippen LogP contribution in [0.3, 0.4) is 0 Å². The van der Waals surface area contributed by atoms with Gasteiger partial charge >= 0.3 is 6.03 Å². The Kier molecular flexibility index (Phi) is 6.68. The Balaban J connectivity index is 1.49. The fraction of sp³-hybridized carbons (Fsp3) is 0.381. The minimum absolute atomic E-state index is 0.0583. The minimum atomic E-state index is -0.881. The Labute approximate surface area is 159 Å². The summed E-state index contributed by atoms with van der Waals surface area (Å²) in [5.74, 6) is 0.0847. The van der Waals surface area contributed by atoms with Crippen LogP contribution < -0.4 is 10.6 Å². The molecule has 1 aliphatic rings. The molecule has 1 atom stereocenters. The van der Waals surface area contributed by atoms with Crippen molar-refractivity contribution < 1.29 is 15.0 Å². The lowest BCUT2D eigenvalue weighted by atomic mass is 10.1. The van der Waals surface area contributed by atoms with Gasteiger partial charge in [-0.2, -0.15) is 0 Å². The highest BCUT2D eigenvalue weighted by Crippen LogP contribution is 2.18. The van der Waals surface area contributed by atoms with Crippen LogP contribution in [0.2, 0.25) is 0 Å². The third kappa shape index (κ3) is 5.98. The van der Waals surface area contributed by atoms with E-state index in [1.807, 2.05) is 18.2 Å². The van der Waals surface area contributed by atoms with Crippen LogP contribution >= 0.6 is 0 Å². The molecule has 2 aromatic rings. The number of phenols is 1. The third-order valence-electron chi connectivity index (χ3n) is 4.75. The zero-order chi connectivity index (χ0) is 19.1. The Bertz CT molecular complexity index is 760. The lowest BCUT2D eigenvalue weighted by molar-refractivity contribution is 0.175. The molecule has 2 amide bonds. The van der Waals surface area contributed by atoms with Crippen molar-refractivity contribution in [3.8, 4) is 5.75 Å². The summed E-state index contributed by atoms with van der Waals surface area (Å²) in [4.78, 5) is 14.6. The number of amides is 2. The highest BCUT2D eigenvalue weighted by atomic mass is 16.3. The number of carbonyl (C=O) groups excluding carboxylic acids is 1.